The zero-order valence-corrected chi connectivity index (χ0v) is 13.0. The third kappa shape index (κ3) is 3.80. The molecule has 1 aliphatic heterocycles. The smallest absolute Gasteiger partial charge is 0.226 e. The summed E-state index contributed by atoms with van der Waals surface area (Å²) in [6.45, 7) is 9.00. The van der Waals surface area contributed by atoms with E-state index in [0.29, 0.717) is 30.9 Å². The normalized spacial score (nSPS) is 19.1. The van der Waals surface area contributed by atoms with E-state index in [-0.39, 0.29) is 29.7 Å². The Kier molecular flexibility index (Phi) is 4.29. The minimum atomic E-state index is -0.167. The van der Waals surface area contributed by atoms with Crippen LogP contribution in [0.1, 0.15) is 38.6 Å². The fourth-order valence-corrected chi connectivity index (χ4v) is 2.45. The number of nitrogens with one attached hydrogen (secondary N) is 1. The molecule has 7 heteroatoms. The molecule has 0 bridgehead atoms. The Labute approximate surface area is 124 Å². The van der Waals surface area contributed by atoms with E-state index in [1.54, 1.807) is 6.92 Å². The van der Waals surface area contributed by atoms with Gasteiger partial charge < -0.3 is 10.2 Å². The Balaban J connectivity index is 1.80. The number of hydrogen-bond donors (Lipinski definition) is 1. The van der Waals surface area contributed by atoms with Crippen molar-refractivity contribution in [3.8, 4) is 0 Å². The fraction of sp³-hybridized carbons (Fsp3) is 0.714. The number of aromatic nitrogens is 2. The topological polar surface area (TPSA) is 88.3 Å². The van der Waals surface area contributed by atoms with Gasteiger partial charge in [0.2, 0.25) is 11.8 Å². The summed E-state index contributed by atoms with van der Waals surface area (Å²) in [4.78, 5) is 25.7. The van der Waals surface area contributed by atoms with Crippen molar-refractivity contribution >= 4 is 11.8 Å². The molecule has 1 aromatic rings. The molecule has 1 saturated heterocycles. The Hall–Kier alpha value is -1.92. The number of aryl methyl sites for hydroxylation is 1. The van der Waals surface area contributed by atoms with Gasteiger partial charge in [-0.3, -0.25) is 9.59 Å². The zero-order chi connectivity index (χ0) is 15.6. The van der Waals surface area contributed by atoms with E-state index >= 15 is 0 Å². The monoisotopic (exact) mass is 294 g/mol. The minimum Gasteiger partial charge on any atom is -0.355 e. The number of nitrogens with zero attached hydrogens (tertiary/aromatic N) is 3. The summed E-state index contributed by atoms with van der Waals surface area (Å²) in [5, 5.41) is 10.2. The summed E-state index contributed by atoms with van der Waals surface area (Å²) in [7, 11) is 0. The van der Waals surface area contributed by atoms with E-state index in [0.717, 1.165) is 0 Å². The predicted molar refractivity (Wildman–Crippen MR) is 75.3 cm³/mol. The second-order valence-corrected chi connectivity index (χ2v) is 6.52. The second kappa shape index (κ2) is 5.83. The van der Waals surface area contributed by atoms with Gasteiger partial charge in [-0.25, -0.2) is 4.63 Å². The zero-order valence-electron chi connectivity index (χ0n) is 13.0. The summed E-state index contributed by atoms with van der Waals surface area (Å²) in [6, 6.07) is 0. The van der Waals surface area contributed by atoms with Crippen molar-refractivity contribution < 1.29 is 14.2 Å². The molecule has 2 heterocycles. The average Bonchev–Trinajstić information content (AvgIpc) is 2.93. The molecule has 0 aromatic carbocycles. The Morgan fingerprint density at radius 2 is 2.14 bits per heavy atom. The van der Waals surface area contributed by atoms with Crippen LogP contribution in [0.4, 0.5) is 0 Å². The van der Waals surface area contributed by atoms with Gasteiger partial charge in [-0.05, 0) is 27.7 Å². The SMILES string of the molecule is Cc1nonc1CC(=O)NC[C@H]1CC(=O)N(C(C)(C)C)C1. The van der Waals surface area contributed by atoms with Crippen molar-refractivity contribution in [1.82, 2.24) is 20.5 Å². The molecule has 2 rings (SSSR count). The number of carbonyl (C=O) groups excluding carboxylic acids is 2. The molecular formula is C14H22N4O3. The summed E-state index contributed by atoms with van der Waals surface area (Å²) in [5.41, 5.74) is 1.01. The van der Waals surface area contributed by atoms with Crippen LogP contribution >= 0.6 is 0 Å². The molecule has 0 radical (unpaired) electrons. The molecule has 7 nitrogen and oxygen atoms in total. The molecule has 2 amide bonds. The summed E-state index contributed by atoms with van der Waals surface area (Å²) in [5.74, 6) is 0.186. The van der Waals surface area contributed by atoms with Crippen LogP contribution in [0.5, 0.6) is 0 Å². The van der Waals surface area contributed by atoms with Crippen LogP contribution in [0.2, 0.25) is 0 Å². The maximum Gasteiger partial charge on any atom is 0.226 e. The van der Waals surface area contributed by atoms with Crippen LogP contribution in [-0.4, -0.2) is 45.7 Å². The van der Waals surface area contributed by atoms with Gasteiger partial charge in [-0.2, -0.15) is 0 Å². The number of hydrogen-bond acceptors (Lipinski definition) is 5. The maximum absolute atomic E-state index is 12.0. The van der Waals surface area contributed by atoms with Crippen molar-refractivity contribution in [2.75, 3.05) is 13.1 Å². The first-order valence-corrected chi connectivity index (χ1v) is 7.12. The highest BCUT2D eigenvalue weighted by molar-refractivity contribution is 5.80. The van der Waals surface area contributed by atoms with Gasteiger partial charge in [0.05, 0.1) is 6.42 Å². The standard InChI is InChI=1S/C14H22N4O3/c1-9-11(17-21-16-9)6-12(19)15-7-10-5-13(20)18(8-10)14(2,3)4/h10H,5-8H2,1-4H3,(H,15,19)/t10-/m1/s1. The number of likely N-dealkylation sites (tertiary alicyclic amines) is 1. The highest BCUT2D eigenvalue weighted by Crippen LogP contribution is 2.25. The van der Waals surface area contributed by atoms with Gasteiger partial charge in [0.1, 0.15) is 11.4 Å². The third-order valence-corrected chi connectivity index (χ3v) is 3.68. The van der Waals surface area contributed by atoms with Gasteiger partial charge in [0.15, 0.2) is 0 Å². The second-order valence-electron chi connectivity index (χ2n) is 6.52. The van der Waals surface area contributed by atoms with Crippen LogP contribution in [0, 0.1) is 12.8 Å². The van der Waals surface area contributed by atoms with Crippen LogP contribution in [0.25, 0.3) is 0 Å². The van der Waals surface area contributed by atoms with E-state index in [2.05, 4.69) is 20.3 Å². The maximum atomic E-state index is 12.0. The van der Waals surface area contributed by atoms with E-state index in [1.807, 2.05) is 25.7 Å². The van der Waals surface area contributed by atoms with Crippen molar-refractivity contribution in [1.29, 1.82) is 0 Å². The lowest BCUT2D eigenvalue weighted by Gasteiger charge is -2.32. The lowest BCUT2D eigenvalue weighted by molar-refractivity contribution is -0.131. The number of rotatable bonds is 4. The van der Waals surface area contributed by atoms with Crippen LogP contribution in [0.15, 0.2) is 4.63 Å². The molecule has 1 fully saturated rings. The first-order chi connectivity index (χ1) is 9.77. The minimum absolute atomic E-state index is 0.129. The van der Waals surface area contributed by atoms with E-state index in [4.69, 9.17) is 0 Å². The largest absolute Gasteiger partial charge is 0.355 e. The van der Waals surface area contributed by atoms with Crippen molar-refractivity contribution in [2.24, 2.45) is 5.92 Å². The quantitative estimate of drug-likeness (QED) is 0.882. The molecule has 1 aliphatic rings. The Morgan fingerprint density at radius 1 is 1.43 bits per heavy atom. The molecule has 116 valence electrons. The van der Waals surface area contributed by atoms with Crippen LogP contribution in [0.3, 0.4) is 0 Å². The van der Waals surface area contributed by atoms with E-state index in [9.17, 15) is 9.59 Å². The molecular weight excluding hydrogens is 272 g/mol. The molecule has 0 saturated carbocycles. The number of carbonyl (C=O) groups is 2. The first kappa shape index (κ1) is 15.5. The molecule has 0 aliphatic carbocycles. The summed E-state index contributed by atoms with van der Waals surface area (Å²) >= 11 is 0. The molecule has 1 aromatic heterocycles. The predicted octanol–water partition coefficient (Wildman–Crippen LogP) is 0.684. The lowest BCUT2D eigenvalue weighted by atomic mass is 10.1. The highest BCUT2D eigenvalue weighted by atomic mass is 16.6. The van der Waals surface area contributed by atoms with Crippen LogP contribution in [-0.2, 0) is 16.0 Å². The fourth-order valence-electron chi connectivity index (χ4n) is 2.45. The van der Waals surface area contributed by atoms with Gasteiger partial charge in [-0.15, -0.1) is 0 Å². The first-order valence-electron chi connectivity index (χ1n) is 7.12. The summed E-state index contributed by atoms with van der Waals surface area (Å²) < 4.78 is 4.56. The molecule has 0 spiro atoms. The summed E-state index contributed by atoms with van der Waals surface area (Å²) in [6.07, 6.45) is 0.640. The van der Waals surface area contributed by atoms with Gasteiger partial charge in [0.25, 0.3) is 0 Å². The molecule has 1 N–H and O–H groups in total. The van der Waals surface area contributed by atoms with Crippen molar-refractivity contribution in [2.45, 2.75) is 46.1 Å². The van der Waals surface area contributed by atoms with Gasteiger partial charge in [0, 0.05) is 31.0 Å². The van der Waals surface area contributed by atoms with Crippen molar-refractivity contribution in [3.05, 3.63) is 11.4 Å². The molecule has 21 heavy (non-hydrogen) atoms. The van der Waals surface area contributed by atoms with Gasteiger partial charge >= 0.3 is 0 Å². The highest BCUT2D eigenvalue weighted by Gasteiger charge is 2.36. The van der Waals surface area contributed by atoms with E-state index in [1.165, 1.54) is 0 Å². The lowest BCUT2D eigenvalue weighted by Crippen LogP contribution is -2.42. The Bertz CT molecular complexity index is 533. The average molecular weight is 294 g/mol. The Morgan fingerprint density at radius 3 is 2.67 bits per heavy atom. The molecule has 1 atom stereocenters. The number of amides is 2. The van der Waals surface area contributed by atoms with E-state index < -0.39 is 0 Å². The molecule has 0 unspecified atom stereocenters. The van der Waals surface area contributed by atoms with Gasteiger partial charge in [-0.1, -0.05) is 10.3 Å². The third-order valence-electron chi connectivity index (χ3n) is 3.68. The van der Waals surface area contributed by atoms with Crippen molar-refractivity contribution in [3.63, 3.8) is 0 Å². The van der Waals surface area contributed by atoms with Crippen LogP contribution < -0.4 is 5.32 Å².